The molecule has 0 saturated carbocycles. The van der Waals surface area contributed by atoms with Crippen LogP contribution >= 0.6 is 0 Å². The third kappa shape index (κ3) is 5.09. The van der Waals surface area contributed by atoms with Gasteiger partial charge in [-0.2, -0.15) is 0 Å². The van der Waals surface area contributed by atoms with Crippen LogP contribution in [0.3, 0.4) is 0 Å². The van der Waals surface area contributed by atoms with Gasteiger partial charge < -0.3 is 20.4 Å². The topological polar surface area (TPSA) is 73.6 Å². The van der Waals surface area contributed by atoms with Gasteiger partial charge in [0.2, 0.25) is 5.91 Å². The van der Waals surface area contributed by atoms with Crippen LogP contribution in [0.1, 0.15) is 53.5 Å². The molecule has 1 heterocycles. The lowest BCUT2D eigenvalue weighted by atomic mass is 9.74. The molecule has 0 aromatic heterocycles. The number of rotatable bonds is 7. The van der Waals surface area contributed by atoms with Crippen molar-refractivity contribution >= 4 is 13.0 Å². The van der Waals surface area contributed by atoms with Crippen molar-refractivity contribution in [1.82, 2.24) is 5.32 Å². The van der Waals surface area contributed by atoms with Crippen molar-refractivity contribution in [2.24, 2.45) is 11.7 Å². The maximum atomic E-state index is 12.7. The molecular formula is C20H33BN2O3. The van der Waals surface area contributed by atoms with Gasteiger partial charge in [-0.15, -0.1) is 0 Å². The number of amides is 1. The molecule has 26 heavy (non-hydrogen) atoms. The molecular weight excluding hydrogens is 327 g/mol. The zero-order valence-electron chi connectivity index (χ0n) is 16.9. The third-order valence-electron chi connectivity index (χ3n) is 5.29. The number of nitrogens with one attached hydrogen (secondary N) is 1. The fraction of sp³-hybridized carbons (Fsp3) is 0.650. The minimum Gasteiger partial charge on any atom is -0.402 e. The van der Waals surface area contributed by atoms with E-state index in [1.807, 2.05) is 58.0 Å². The maximum Gasteiger partial charge on any atom is 0.481 e. The van der Waals surface area contributed by atoms with E-state index in [0.29, 0.717) is 12.3 Å². The monoisotopic (exact) mass is 360 g/mol. The van der Waals surface area contributed by atoms with Crippen molar-refractivity contribution in [2.75, 3.05) is 0 Å². The summed E-state index contributed by atoms with van der Waals surface area (Å²) in [5, 5.41) is 3.07. The molecule has 6 heteroatoms. The Kier molecular flexibility index (Phi) is 6.53. The molecule has 144 valence electrons. The van der Waals surface area contributed by atoms with E-state index in [4.69, 9.17) is 15.0 Å². The van der Waals surface area contributed by atoms with Crippen LogP contribution in [0.15, 0.2) is 30.3 Å². The molecule has 2 rings (SSSR count). The molecule has 1 aliphatic heterocycles. The van der Waals surface area contributed by atoms with Crippen LogP contribution in [-0.2, 0) is 20.5 Å². The zero-order valence-corrected chi connectivity index (χ0v) is 16.9. The summed E-state index contributed by atoms with van der Waals surface area (Å²) < 4.78 is 12.3. The second-order valence-electron chi connectivity index (χ2n) is 8.67. The van der Waals surface area contributed by atoms with E-state index in [2.05, 4.69) is 19.2 Å². The second-order valence-corrected chi connectivity index (χ2v) is 8.67. The van der Waals surface area contributed by atoms with Crippen LogP contribution in [0.25, 0.3) is 0 Å². The number of hydrogen-bond acceptors (Lipinski definition) is 4. The molecule has 0 radical (unpaired) electrons. The molecule has 5 nitrogen and oxygen atoms in total. The Bertz CT molecular complexity index is 588. The molecule has 1 aromatic rings. The van der Waals surface area contributed by atoms with Crippen LogP contribution in [-0.4, -0.2) is 36.2 Å². The number of carbonyl (C=O) groups excluding carboxylic acids is 1. The van der Waals surface area contributed by atoms with Gasteiger partial charge in [-0.1, -0.05) is 44.2 Å². The highest BCUT2D eigenvalue weighted by atomic mass is 16.7. The molecule has 0 aliphatic carbocycles. The largest absolute Gasteiger partial charge is 0.481 e. The summed E-state index contributed by atoms with van der Waals surface area (Å²) in [5.41, 5.74) is 6.33. The van der Waals surface area contributed by atoms with Gasteiger partial charge in [-0.3, -0.25) is 4.79 Å². The lowest BCUT2D eigenvalue weighted by molar-refractivity contribution is -0.122. The van der Waals surface area contributed by atoms with Crippen molar-refractivity contribution in [3.8, 4) is 0 Å². The van der Waals surface area contributed by atoms with Crippen LogP contribution in [0.4, 0.5) is 0 Å². The number of hydrogen-bond donors (Lipinski definition) is 2. The number of nitrogens with two attached hydrogens (primary N) is 1. The van der Waals surface area contributed by atoms with Gasteiger partial charge in [0.25, 0.3) is 0 Å². The molecule has 1 aliphatic rings. The molecule has 0 bridgehead atoms. The van der Waals surface area contributed by atoms with E-state index in [0.717, 1.165) is 12.0 Å². The van der Waals surface area contributed by atoms with Crippen molar-refractivity contribution in [1.29, 1.82) is 0 Å². The Morgan fingerprint density at radius 3 is 2.15 bits per heavy atom. The fourth-order valence-electron chi connectivity index (χ4n) is 3.05. The standard InChI is InChI=1S/C20H33BN2O3/c1-14(2)12-17(21-25-19(3,4)20(5,6)26-21)23-18(24)16(22)13-15-10-8-7-9-11-15/h7-11,14,16-17H,12-13,22H2,1-6H3,(H,23,24). The van der Waals surface area contributed by atoms with Gasteiger partial charge in [0.1, 0.15) is 0 Å². The average Bonchev–Trinajstić information content (AvgIpc) is 2.75. The Morgan fingerprint density at radius 2 is 1.65 bits per heavy atom. The van der Waals surface area contributed by atoms with Crippen molar-refractivity contribution < 1.29 is 14.1 Å². The lowest BCUT2D eigenvalue weighted by Crippen LogP contribution is -2.53. The van der Waals surface area contributed by atoms with Crippen molar-refractivity contribution in [2.45, 2.75) is 77.6 Å². The van der Waals surface area contributed by atoms with Gasteiger partial charge in [0.05, 0.1) is 23.2 Å². The van der Waals surface area contributed by atoms with E-state index in [9.17, 15) is 4.79 Å². The Hall–Kier alpha value is -1.37. The summed E-state index contributed by atoms with van der Waals surface area (Å²) in [6.45, 7) is 12.3. The molecule has 0 spiro atoms. The van der Waals surface area contributed by atoms with Crippen LogP contribution in [0.2, 0.25) is 0 Å². The first kappa shape index (κ1) is 20.9. The molecule has 1 saturated heterocycles. The maximum absolute atomic E-state index is 12.7. The van der Waals surface area contributed by atoms with E-state index in [1.54, 1.807) is 0 Å². The van der Waals surface area contributed by atoms with Gasteiger partial charge in [-0.25, -0.2) is 0 Å². The summed E-state index contributed by atoms with van der Waals surface area (Å²) >= 11 is 0. The lowest BCUT2D eigenvalue weighted by Gasteiger charge is -2.32. The molecule has 1 fully saturated rings. The second kappa shape index (κ2) is 8.11. The minimum atomic E-state index is -0.602. The van der Waals surface area contributed by atoms with Crippen molar-refractivity contribution in [3.63, 3.8) is 0 Å². The summed E-state index contributed by atoms with van der Waals surface area (Å²) in [6, 6.07) is 9.21. The first-order valence-corrected chi connectivity index (χ1v) is 9.47. The summed E-state index contributed by atoms with van der Waals surface area (Å²) in [7, 11) is -0.477. The molecule has 1 aromatic carbocycles. The van der Waals surface area contributed by atoms with E-state index in [-0.39, 0.29) is 11.8 Å². The first-order valence-electron chi connectivity index (χ1n) is 9.47. The fourth-order valence-corrected chi connectivity index (χ4v) is 3.05. The highest BCUT2D eigenvalue weighted by Gasteiger charge is 2.54. The zero-order chi connectivity index (χ0) is 19.5. The summed E-state index contributed by atoms with van der Waals surface area (Å²) in [6.07, 6.45) is 1.27. The Labute approximate surface area is 158 Å². The van der Waals surface area contributed by atoms with Crippen LogP contribution in [0.5, 0.6) is 0 Å². The van der Waals surface area contributed by atoms with Crippen LogP contribution < -0.4 is 11.1 Å². The summed E-state index contributed by atoms with van der Waals surface area (Å²) in [4.78, 5) is 12.7. The molecule has 3 N–H and O–H groups in total. The van der Waals surface area contributed by atoms with Crippen molar-refractivity contribution in [3.05, 3.63) is 35.9 Å². The quantitative estimate of drug-likeness (QED) is 0.734. The normalized spacial score (nSPS) is 20.8. The third-order valence-corrected chi connectivity index (χ3v) is 5.29. The van der Waals surface area contributed by atoms with Gasteiger partial charge in [-0.05, 0) is 52.0 Å². The number of benzene rings is 1. The average molecular weight is 360 g/mol. The highest BCUT2D eigenvalue weighted by Crippen LogP contribution is 2.38. The van der Waals surface area contributed by atoms with Gasteiger partial charge in [0.15, 0.2) is 0 Å². The molecule has 2 atom stereocenters. The minimum absolute atomic E-state index is 0.172. The summed E-state index contributed by atoms with van der Waals surface area (Å²) in [5.74, 6) is -0.00994. The molecule has 2 unspecified atom stereocenters. The predicted octanol–water partition coefficient (Wildman–Crippen LogP) is 2.72. The van der Waals surface area contributed by atoms with Gasteiger partial charge >= 0.3 is 7.12 Å². The predicted molar refractivity (Wildman–Crippen MR) is 106 cm³/mol. The number of carbonyl (C=O) groups is 1. The first-order chi connectivity index (χ1) is 12.0. The van der Waals surface area contributed by atoms with E-state index >= 15 is 0 Å². The van der Waals surface area contributed by atoms with Gasteiger partial charge in [0, 0.05) is 0 Å². The SMILES string of the molecule is CC(C)CC(NC(=O)C(N)Cc1ccccc1)B1OC(C)(C)C(C)(C)O1. The smallest absolute Gasteiger partial charge is 0.402 e. The highest BCUT2D eigenvalue weighted by molar-refractivity contribution is 6.48. The van der Waals surface area contributed by atoms with E-state index < -0.39 is 24.4 Å². The van der Waals surface area contributed by atoms with E-state index in [1.165, 1.54) is 0 Å². The molecule has 1 amide bonds. The Morgan fingerprint density at radius 1 is 1.12 bits per heavy atom. The Balaban J connectivity index is 2.04. The van der Waals surface area contributed by atoms with Crippen LogP contribution in [0, 0.1) is 5.92 Å².